The van der Waals surface area contributed by atoms with Gasteiger partial charge in [-0.1, -0.05) is 28.1 Å². The van der Waals surface area contributed by atoms with Gasteiger partial charge in [-0.15, -0.1) is 0 Å². The molecular formula is C11H8BrN3. The summed E-state index contributed by atoms with van der Waals surface area (Å²) in [5.74, 6) is 0.355. The first-order chi connectivity index (χ1) is 7.31. The third kappa shape index (κ3) is 2.08. The van der Waals surface area contributed by atoms with Crippen LogP contribution >= 0.6 is 15.9 Å². The molecule has 1 aromatic heterocycles. The van der Waals surface area contributed by atoms with Crippen LogP contribution in [0.4, 0.5) is 0 Å². The maximum atomic E-state index is 9.10. The maximum Gasteiger partial charge on any atom is 0.129 e. The molecule has 0 fully saturated rings. The predicted octanol–water partition coefficient (Wildman–Crippen LogP) is 2.83. The molecule has 1 heterocycles. The number of hydrogen-bond donors (Lipinski definition) is 1. The van der Waals surface area contributed by atoms with Crippen molar-refractivity contribution < 1.29 is 0 Å². The second-order valence-electron chi connectivity index (χ2n) is 3.09. The third-order valence-corrected chi connectivity index (χ3v) is 2.65. The van der Waals surface area contributed by atoms with E-state index in [0.29, 0.717) is 5.82 Å². The highest BCUT2D eigenvalue weighted by Crippen LogP contribution is 2.22. The summed E-state index contributed by atoms with van der Waals surface area (Å²) >= 11 is 3.36. The van der Waals surface area contributed by atoms with Crippen molar-refractivity contribution in [3.05, 3.63) is 52.5 Å². The Bertz CT molecular complexity index is 468. The van der Waals surface area contributed by atoms with Crippen molar-refractivity contribution >= 4 is 15.9 Å². The Morgan fingerprint density at radius 3 is 2.60 bits per heavy atom. The van der Waals surface area contributed by atoms with Crippen molar-refractivity contribution in [2.45, 2.75) is 5.92 Å². The van der Waals surface area contributed by atoms with Gasteiger partial charge in [-0.05, 0) is 17.7 Å². The molecule has 4 heteroatoms. The number of nitrogens with one attached hydrogen (secondary N) is 1. The zero-order chi connectivity index (χ0) is 10.7. The van der Waals surface area contributed by atoms with Crippen LogP contribution in [0, 0.1) is 11.3 Å². The minimum Gasteiger partial charge on any atom is -0.347 e. The van der Waals surface area contributed by atoms with Crippen LogP contribution in [0.1, 0.15) is 17.3 Å². The van der Waals surface area contributed by atoms with E-state index in [1.54, 1.807) is 12.4 Å². The molecule has 0 aliphatic carbocycles. The number of hydrogen-bond acceptors (Lipinski definition) is 2. The van der Waals surface area contributed by atoms with Crippen molar-refractivity contribution in [1.29, 1.82) is 5.26 Å². The summed E-state index contributed by atoms with van der Waals surface area (Å²) in [6.07, 6.45) is 3.37. The first-order valence-electron chi connectivity index (χ1n) is 4.45. The zero-order valence-corrected chi connectivity index (χ0v) is 9.40. The lowest BCUT2D eigenvalue weighted by Crippen LogP contribution is -2.00. The van der Waals surface area contributed by atoms with E-state index in [9.17, 15) is 0 Å². The lowest BCUT2D eigenvalue weighted by atomic mass is 10.0. The van der Waals surface area contributed by atoms with Crippen LogP contribution in [0.2, 0.25) is 0 Å². The van der Waals surface area contributed by atoms with Crippen molar-refractivity contribution in [2.75, 3.05) is 0 Å². The highest BCUT2D eigenvalue weighted by Gasteiger charge is 2.14. The molecule has 74 valence electrons. The van der Waals surface area contributed by atoms with Crippen molar-refractivity contribution in [3.8, 4) is 6.07 Å². The summed E-state index contributed by atoms with van der Waals surface area (Å²) in [4.78, 5) is 7.05. The number of imidazole rings is 1. The number of nitriles is 1. The fourth-order valence-electron chi connectivity index (χ4n) is 1.38. The molecular weight excluding hydrogens is 254 g/mol. The summed E-state index contributed by atoms with van der Waals surface area (Å²) in [5, 5.41) is 9.10. The smallest absolute Gasteiger partial charge is 0.129 e. The topological polar surface area (TPSA) is 52.5 Å². The van der Waals surface area contributed by atoms with Gasteiger partial charge >= 0.3 is 0 Å². The van der Waals surface area contributed by atoms with E-state index >= 15 is 0 Å². The number of rotatable bonds is 2. The highest BCUT2D eigenvalue weighted by molar-refractivity contribution is 9.10. The molecule has 3 nitrogen and oxygen atoms in total. The zero-order valence-electron chi connectivity index (χ0n) is 7.81. The van der Waals surface area contributed by atoms with Gasteiger partial charge in [0.05, 0.1) is 6.07 Å². The summed E-state index contributed by atoms with van der Waals surface area (Å²) in [5.41, 5.74) is 0.940. The largest absolute Gasteiger partial charge is 0.347 e. The molecule has 0 amide bonds. The van der Waals surface area contributed by atoms with E-state index in [2.05, 4.69) is 32.0 Å². The Morgan fingerprint density at radius 2 is 2.07 bits per heavy atom. The number of aromatic nitrogens is 2. The Kier molecular flexibility index (Phi) is 2.84. The van der Waals surface area contributed by atoms with E-state index < -0.39 is 0 Å². The average Bonchev–Trinajstić information content (AvgIpc) is 2.75. The van der Waals surface area contributed by atoms with Crippen LogP contribution in [-0.2, 0) is 0 Å². The standard InChI is InChI=1S/C11H8BrN3/c12-9-3-1-8(2-4-9)10(7-13)11-14-5-6-15-11/h1-6,10H,(H,14,15). The summed E-state index contributed by atoms with van der Waals surface area (Å²) in [7, 11) is 0. The average molecular weight is 262 g/mol. The Labute approximate surface area is 95.9 Å². The summed E-state index contributed by atoms with van der Waals surface area (Å²) in [6.45, 7) is 0. The normalized spacial score (nSPS) is 12.0. The van der Waals surface area contributed by atoms with E-state index in [1.165, 1.54) is 0 Å². The van der Waals surface area contributed by atoms with Gasteiger partial charge in [0.1, 0.15) is 11.7 Å². The lowest BCUT2D eigenvalue weighted by Gasteiger charge is -2.05. The predicted molar refractivity (Wildman–Crippen MR) is 60.2 cm³/mol. The van der Waals surface area contributed by atoms with Crippen molar-refractivity contribution in [1.82, 2.24) is 9.97 Å². The van der Waals surface area contributed by atoms with Gasteiger partial charge < -0.3 is 4.98 Å². The number of halogens is 1. The van der Waals surface area contributed by atoms with Gasteiger partial charge in [-0.3, -0.25) is 0 Å². The number of aromatic amines is 1. The van der Waals surface area contributed by atoms with Gasteiger partial charge in [-0.25, -0.2) is 4.98 Å². The molecule has 0 aliphatic rings. The SMILES string of the molecule is N#CC(c1ccc(Br)cc1)c1ncc[nH]1. The number of H-pyrrole nitrogens is 1. The van der Waals surface area contributed by atoms with Crippen molar-refractivity contribution in [3.63, 3.8) is 0 Å². The Balaban J connectivity index is 2.37. The first kappa shape index (κ1) is 9.94. The van der Waals surface area contributed by atoms with E-state index in [1.807, 2.05) is 24.3 Å². The minimum atomic E-state index is -0.326. The molecule has 15 heavy (non-hydrogen) atoms. The molecule has 1 aromatic carbocycles. The molecule has 0 saturated carbocycles. The molecule has 1 N–H and O–H groups in total. The van der Waals surface area contributed by atoms with Crippen molar-refractivity contribution in [2.24, 2.45) is 0 Å². The maximum absolute atomic E-state index is 9.10. The molecule has 1 atom stereocenters. The fraction of sp³-hybridized carbons (Fsp3) is 0.0909. The van der Waals surface area contributed by atoms with E-state index in [-0.39, 0.29) is 5.92 Å². The monoisotopic (exact) mass is 261 g/mol. The van der Waals surface area contributed by atoms with E-state index in [0.717, 1.165) is 10.0 Å². The molecule has 0 saturated heterocycles. The van der Waals surface area contributed by atoms with Crippen LogP contribution in [0.25, 0.3) is 0 Å². The van der Waals surface area contributed by atoms with Gasteiger partial charge in [0.2, 0.25) is 0 Å². The molecule has 2 rings (SSSR count). The van der Waals surface area contributed by atoms with Gasteiger partial charge in [0.15, 0.2) is 0 Å². The second-order valence-corrected chi connectivity index (χ2v) is 4.00. The van der Waals surface area contributed by atoms with Crippen LogP contribution < -0.4 is 0 Å². The minimum absolute atomic E-state index is 0.326. The lowest BCUT2D eigenvalue weighted by molar-refractivity contribution is 0.927. The first-order valence-corrected chi connectivity index (χ1v) is 5.25. The van der Waals surface area contributed by atoms with Crippen LogP contribution in [-0.4, -0.2) is 9.97 Å². The molecule has 0 bridgehead atoms. The van der Waals surface area contributed by atoms with Gasteiger partial charge in [0, 0.05) is 16.9 Å². The molecule has 2 aromatic rings. The second kappa shape index (κ2) is 4.28. The number of benzene rings is 1. The van der Waals surface area contributed by atoms with Gasteiger partial charge in [-0.2, -0.15) is 5.26 Å². The third-order valence-electron chi connectivity index (χ3n) is 2.13. The Morgan fingerprint density at radius 1 is 1.33 bits per heavy atom. The van der Waals surface area contributed by atoms with Crippen LogP contribution in [0.3, 0.4) is 0 Å². The summed E-state index contributed by atoms with van der Waals surface area (Å²) in [6, 6.07) is 9.90. The fourth-order valence-corrected chi connectivity index (χ4v) is 1.65. The number of nitrogens with zero attached hydrogens (tertiary/aromatic N) is 2. The quantitative estimate of drug-likeness (QED) is 0.904. The van der Waals surface area contributed by atoms with Gasteiger partial charge in [0.25, 0.3) is 0 Å². The summed E-state index contributed by atoms with van der Waals surface area (Å²) < 4.78 is 1.00. The van der Waals surface area contributed by atoms with Crippen LogP contribution in [0.15, 0.2) is 41.1 Å². The molecule has 1 unspecified atom stereocenters. The molecule has 0 aliphatic heterocycles. The molecule has 0 spiro atoms. The van der Waals surface area contributed by atoms with Crippen LogP contribution in [0.5, 0.6) is 0 Å². The Hall–Kier alpha value is -1.60. The highest BCUT2D eigenvalue weighted by atomic mass is 79.9. The molecule has 0 radical (unpaired) electrons. The van der Waals surface area contributed by atoms with E-state index in [4.69, 9.17) is 5.26 Å².